The van der Waals surface area contributed by atoms with Crippen LogP contribution in [0.2, 0.25) is 0 Å². The summed E-state index contributed by atoms with van der Waals surface area (Å²) >= 11 is 0. The van der Waals surface area contributed by atoms with E-state index in [9.17, 15) is 14.8 Å². The van der Waals surface area contributed by atoms with Gasteiger partial charge in [-0.2, -0.15) is 5.06 Å². The van der Waals surface area contributed by atoms with Gasteiger partial charge < -0.3 is 15.0 Å². The predicted molar refractivity (Wildman–Crippen MR) is 130 cm³/mol. The van der Waals surface area contributed by atoms with Crippen LogP contribution >= 0.6 is 0 Å². The van der Waals surface area contributed by atoms with Crippen LogP contribution < -0.4 is 10.1 Å². The topological polar surface area (TPSA) is 85.3 Å². The first-order valence-corrected chi connectivity index (χ1v) is 12.8. The van der Waals surface area contributed by atoms with Gasteiger partial charge >= 0.3 is 12.1 Å². The van der Waals surface area contributed by atoms with Crippen LogP contribution in [0.3, 0.4) is 0 Å². The summed E-state index contributed by atoms with van der Waals surface area (Å²) in [5.74, 6) is 0.717. The van der Waals surface area contributed by atoms with Crippen LogP contribution in [0.5, 0.6) is 5.75 Å². The van der Waals surface area contributed by atoms with Gasteiger partial charge in [0.1, 0.15) is 5.75 Å². The molecule has 1 aromatic rings. The molecule has 8 heteroatoms. The number of carbonyl (C=O) groups is 2. The largest absolute Gasteiger partial charge is 0.496 e. The minimum absolute atomic E-state index is 0.00493. The van der Waals surface area contributed by atoms with Crippen LogP contribution in [0, 0.1) is 0 Å². The smallest absolute Gasteiger partial charge is 0.343 e. The molecule has 1 aliphatic heterocycles. The number of nitrogens with zero attached hydrogens (tertiary/aromatic N) is 3. The highest BCUT2D eigenvalue weighted by Crippen LogP contribution is 2.40. The maximum atomic E-state index is 13.9. The van der Waals surface area contributed by atoms with Gasteiger partial charge in [0.05, 0.1) is 19.2 Å². The summed E-state index contributed by atoms with van der Waals surface area (Å²) in [5, 5.41) is 15.1. The zero-order valence-electron chi connectivity index (χ0n) is 20.8. The van der Waals surface area contributed by atoms with Crippen molar-refractivity contribution in [2.75, 3.05) is 7.11 Å². The Hall–Kier alpha value is -2.48. The first-order chi connectivity index (χ1) is 16.3. The number of carbonyl (C=O) groups excluding carboxylic acids is 2. The molecule has 4 amide bonds. The van der Waals surface area contributed by atoms with Crippen molar-refractivity contribution in [2.45, 2.75) is 108 Å². The Morgan fingerprint density at radius 3 is 2.35 bits per heavy atom. The van der Waals surface area contributed by atoms with E-state index in [1.165, 1.54) is 6.42 Å². The normalized spacial score (nSPS) is 23.8. The van der Waals surface area contributed by atoms with E-state index >= 15 is 0 Å². The van der Waals surface area contributed by atoms with E-state index in [1.807, 2.05) is 38.1 Å². The molecule has 34 heavy (non-hydrogen) atoms. The van der Waals surface area contributed by atoms with Crippen LogP contribution in [-0.2, 0) is 6.54 Å². The number of rotatable bonds is 6. The summed E-state index contributed by atoms with van der Waals surface area (Å²) in [6, 6.07) is 7.09. The molecule has 1 atom stereocenters. The minimum atomic E-state index is -0.811. The fourth-order valence-corrected chi connectivity index (χ4v) is 5.98. The molecular formula is C26H40N4O4. The highest BCUT2D eigenvalue weighted by atomic mass is 16.5. The molecule has 188 valence electrons. The number of hydroxylamine groups is 2. The molecule has 1 heterocycles. The molecule has 0 radical (unpaired) electrons. The number of amides is 4. The number of urea groups is 2. The molecule has 0 bridgehead atoms. The Morgan fingerprint density at radius 2 is 1.71 bits per heavy atom. The molecule has 1 saturated heterocycles. The summed E-state index contributed by atoms with van der Waals surface area (Å²) in [6.45, 7) is 4.21. The van der Waals surface area contributed by atoms with Gasteiger partial charge in [0.25, 0.3) is 0 Å². The van der Waals surface area contributed by atoms with E-state index in [0.29, 0.717) is 6.54 Å². The Bertz CT molecular complexity index is 864. The van der Waals surface area contributed by atoms with Gasteiger partial charge in [-0.05, 0) is 45.6 Å². The maximum absolute atomic E-state index is 13.9. The third-order valence-corrected chi connectivity index (χ3v) is 7.90. The Kier molecular flexibility index (Phi) is 7.55. The van der Waals surface area contributed by atoms with Crippen LogP contribution in [0.15, 0.2) is 24.3 Å². The van der Waals surface area contributed by atoms with Crippen molar-refractivity contribution < 1.29 is 19.5 Å². The number of hydrogen-bond acceptors (Lipinski definition) is 4. The third kappa shape index (κ3) is 4.83. The summed E-state index contributed by atoms with van der Waals surface area (Å²) < 4.78 is 5.52. The van der Waals surface area contributed by atoms with Crippen LogP contribution in [0.4, 0.5) is 9.59 Å². The van der Waals surface area contributed by atoms with E-state index in [0.717, 1.165) is 74.2 Å². The van der Waals surface area contributed by atoms with Crippen molar-refractivity contribution in [1.82, 2.24) is 20.2 Å². The molecule has 0 spiro atoms. The van der Waals surface area contributed by atoms with E-state index in [4.69, 9.17) is 4.74 Å². The molecule has 1 unspecified atom stereocenters. The molecule has 8 nitrogen and oxygen atoms in total. The molecule has 2 aliphatic carbocycles. The lowest BCUT2D eigenvalue weighted by atomic mass is 9.92. The zero-order chi connectivity index (χ0) is 24.3. The van der Waals surface area contributed by atoms with Crippen molar-refractivity contribution in [3.63, 3.8) is 0 Å². The van der Waals surface area contributed by atoms with Gasteiger partial charge in [0.15, 0.2) is 6.17 Å². The van der Waals surface area contributed by atoms with Crippen molar-refractivity contribution in [3.8, 4) is 5.75 Å². The monoisotopic (exact) mass is 472 g/mol. The molecule has 0 aromatic heterocycles. The summed E-state index contributed by atoms with van der Waals surface area (Å²) in [4.78, 5) is 30.6. The number of ether oxygens (including phenoxy) is 1. The van der Waals surface area contributed by atoms with Gasteiger partial charge in [0, 0.05) is 17.6 Å². The third-order valence-electron chi connectivity index (χ3n) is 7.90. The lowest BCUT2D eigenvalue weighted by Gasteiger charge is -2.42. The summed E-state index contributed by atoms with van der Waals surface area (Å²) in [5.41, 5.74) is 0.0837. The second kappa shape index (κ2) is 10.4. The SMILES string of the molecule is COc1ccccc1CN1C(=O)N(C2CCCCC2)C(N(O)C(=O)NC2CCCCC2)C1(C)C. The van der Waals surface area contributed by atoms with Gasteiger partial charge in [-0.1, -0.05) is 56.7 Å². The van der Waals surface area contributed by atoms with Gasteiger partial charge in [-0.25, -0.2) is 9.59 Å². The van der Waals surface area contributed by atoms with Crippen molar-refractivity contribution in [2.24, 2.45) is 0 Å². The molecule has 2 saturated carbocycles. The number of nitrogens with one attached hydrogen (secondary N) is 1. The van der Waals surface area contributed by atoms with E-state index in [1.54, 1.807) is 16.9 Å². The maximum Gasteiger partial charge on any atom is 0.343 e. The Labute approximate surface area is 203 Å². The summed E-state index contributed by atoms with van der Waals surface area (Å²) in [6.07, 6.45) is 9.48. The Balaban J connectivity index is 1.62. The molecule has 2 N–H and O–H groups in total. The van der Waals surface area contributed by atoms with Crippen LogP contribution in [-0.4, -0.2) is 63.0 Å². The quantitative estimate of drug-likeness (QED) is 0.445. The first-order valence-electron chi connectivity index (χ1n) is 12.8. The number of para-hydroxylation sites is 1. The second-order valence-corrected chi connectivity index (χ2v) is 10.5. The molecule has 3 aliphatic rings. The standard InChI is InChI=1S/C26H40N4O4/c1-26(2)23(30(33)24(31)27-20-13-6-4-7-14-20)29(21-15-8-5-9-16-21)25(32)28(26)18-19-12-10-11-17-22(19)34-3/h10-12,17,20-21,23,33H,4-9,13-16,18H2,1-3H3,(H,27,31). The molecule has 3 fully saturated rings. The average Bonchev–Trinajstić information content (AvgIpc) is 3.05. The van der Waals surface area contributed by atoms with E-state index < -0.39 is 17.7 Å². The number of hydrogen-bond donors (Lipinski definition) is 2. The number of methoxy groups -OCH3 is 1. The van der Waals surface area contributed by atoms with Crippen molar-refractivity contribution >= 4 is 12.1 Å². The van der Waals surface area contributed by atoms with E-state index in [2.05, 4.69) is 5.32 Å². The lowest BCUT2D eigenvalue weighted by Crippen LogP contribution is -2.61. The molecule has 4 rings (SSSR count). The predicted octanol–water partition coefficient (Wildman–Crippen LogP) is 5.10. The molecular weight excluding hydrogens is 432 g/mol. The summed E-state index contributed by atoms with van der Waals surface area (Å²) in [7, 11) is 1.62. The number of benzene rings is 1. The second-order valence-electron chi connectivity index (χ2n) is 10.5. The van der Waals surface area contributed by atoms with Gasteiger partial charge in [0.2, 0.25) is 0 Å². The van der Waals surface area contributed by atoms with Gasteiger partial charge in [-0.15, -0.1) is 0 Å². The fourth-order valence-electron chi connectivity index (χ4n) is 5.98. The van der Waals surface area contributed by atoms with E-state index in [-0.39, 0.29) is 18.1 Å². The van der Waals surface area contributed by atoms with Crippen LogP contribution in [0.25, 0.3) is 0 Å². The van der Waals surface area contributed by atoms with Crippen LogP contribution in [0.1, 0.15) is 83.6 Å². The highest BCUT2D eigenvalue weighted by molar-refractivity contribution is 5.81. The minimum Gasteiger partial charge on any atom is -0.496 e. The van der Waals surface area contributed by atoms with Gasteiger partial charge in [-0.3, -0.25) is 10.1 Å². The highest BCUT2D eigenvalue weighted by Gasteiger charge is 2.57. The first kappa shape index (κ1) is 24.6. The zero-order valence-corrected chi connectivity index (χ0v) is 20.8. The lowest BCUT2D eigenvalue weighted by molar-refractivity contribution is -0.141. The van der Waals surface area contributed by atoms with Crippen molar-refractivity contribution in [3.05, 3.63) is 29.8 Å². The average molecular weight is 473 g/mol. The Morgan fingerprint density at radius 1 is 1.09 bits per heavy atom. The fraction of sp³-hybridized carbons (Fsp3) is 0.692. The van der Waals surface area contributed by atoms with Crippen molar-refractivity contribution in [1.29, 1.82) is 0 Å². The molecule has 1 aromatic carbocycles.